The molecule has 0 bridgehead atoms. The van der Waals surface area contributed by atoms with Gasteiger partial charge in [0.15, 0.2) is 0 Å². The number of amides is 1. The van der Waals surface area contributed by atoms with Gasteiger partial charge in [0.25, 0.3) is 0 Å². The Hall–Kier alpha value is -1.88. The summed E-state index contributed by atoms with van der Waals surface area (Å²) in [4.78, 5) is 27.5. The van der Waals surface area contributed by atoms with Crippen molar-refractivity contribution >= 4 is 11.9 Å². The van der Waals surface area contributed by atoms with Gasteiger partial charge in [-0.15, -0.1) is 0 Å². The van der Waals surface area contributed by atoms with E-state index >= 15 is 0 Å². The minimum Gasteiger partial charge on any atom is -0.481 e. The molecule has 90 valence electrons. The van der Waals surface area contributed by atoms with Gasteiger partial charge < -0.3 is 5.11 Å². The molecule has 1 aromatic rings. The second-order valence-corrected chi connectivity index (χ2v) is 3.95. The lowest BCUT2D eigenvalue weighted by molar-refractivity contribution is -0.183. The van der Waals surface area contributed by atoms with E-state index in [1.165, 1.54) is 0 Å². The van der Waals surface area contributed by atoms with Crippen LogP contribution in [0, 0.1) is 5.92 Å². The molecule has 1 amide bonds. The first-order valence-corrected chi connectivity index (χ1v) is 5.37. The molecule has 1 heterocycles. The average molecular weight is 235 g/mol. The average Bonchev–Trinajstić information content (AvgIpc) is 2.70. The Labute approximate surface area is 98.6 Å². The highest BCUT2D eigenvalue weighted by Crippen LogP contribution is 2.19. The molecule has 2 rings (SSSR count). The van der Waals surface area contributed by atoms with Crippen LogP contribution in [-0.4, -0.2) is 28.6 Å². The van der Waals surface area contributed by atoms with Crippen LogP contribution in [0.3, 0.4) is 0 Å². The third-order valence-corrected chi connectivity index (χ3v) is 2.66. The summed E-state index contributed by atoms with van der Waals surface area (Å²) in [6.07, 6.45) is 0.0180. The van der Waals surface area contributed by atoms with E-state index in [-0.39, 0.29) is 25.5 Å². The van der Waals surface area contributed by atoms with Crippen LogP contribution < -0.4 is 0 Å². The highest BCUT2D eigenvalue weighted by atomic mass is 16.7. The SMILES string of the molecule is O=C(O)[C@@H]1CC(=O)N(OCc2ccccc2)C1. The number of carboxylic acid groups (broad SMARTS) is 1. The van der Waals surface area contributed by atoms with Crippen LogP contribution in [0.1, 0.15) is 12.0 Å². The number of nitrogens with zero attached hydrogens (tertiary/aromatic N) is 1. The van der Waals surface area contributed by atoms with Crippen molar-refractivity contribution in [3.63, 3.8) is 0 Å². The molecule has 0 radical (unpaired) electrons. The zero-order valence-electron chi connectivity index (χ0n) is 9.20. The standard InChI is InChI=1S/C12H13NO4/c14-11-6-10(12(15)16)7-13(11)17-8-9-4-2-1-3-5-9/h1-5,10H,6-8H2,(H,15,16)/t10-/m1/s1. The normalized spacial score (nSPS) is 19.6. The molecule has 1 fully saturated rings. The summed E-state index contributed by atoms with van der Waals surface area (Å²) in [6.45, 7) is 0.403. The number of hydrogen-bond donors (Lipinski definition) is 1. The predicted molar refractivity (Wildman–Crippen MR) is 58.7 cm³/mol. The molecule has 1 aliphatic rings. The Balaban J connectivity index is 1.88. The number of rotatable bonds is 4. The maximum absolute atomic E-state index is 11.4. The summed E-state index contributed by atoms with van der Waals surface area (Å²) in [7, 11) is 0. The Bertz CT molecular complexity index is 418. The van der Waals surface area contributed by atoms with Crippen molar-refractivity contribution in [1.29, 1.82) is 0 Å². The van der Waals surface area contributed by atoms with Crippen molar-refractivity contribution < 1.29 is 19.5 Å². The van der Waals surface area contributed by atoms with Gasteiger partial charge in [-0.1, -0.05) is 30.3 Å². The number of carbonyl (C=O) groups excluding carboxylic acids is 1. The van der Waals surface area contributed by atoms with Crippen LogP contribution in [0.25, 0.3) is 0 Å². The van der Waals surface area contributed by atoms with E-state index in [4.69, 9.17) is 9.94 Å². The Kier molecular flexibility index (Phi) is 3.39. The lowest BCUT2D eigenvalue weighted by atomic mass is 10.1. The number of aliphatic carboxylic acids is 1. The summed E-state index contributed by atoms with van der Waals surface area (Å²) in [5.74, 6) is -1.88. The molecule has 5 nitrogen and oxygen atoms in total. The van der Waals surface area contributed by atoms with Crippen LogP contribution in [0.5, 0.6) is 0 Å². The smallest absolute Gasteiger partial charge is 0.308 e. The molecule has 0 aromatic heterocycles. The zero-order chi connectivity index (χ0) is 12.3. The minimum absolute atomic E-state index is 0.0180. The highest BCUT2D eigenvalue weighted by Gasteiger charge is 2.35. The largest absolute Gasteiger partial charge is 0.481 e. The van der Waals surface area contributed by atoms with Gasteiger partial charge in [0.05, 0.1) is 12.5 Å². The Morgan fingerprint density at radius 1 is 1.41 bits per heavy atom. The van der Waals surface area contributed by atoms with Crippen molar-refractivity contribution in [3.05, 3.63) is 35.9 Å². The highest BCUT2D eigenvalue weighted by molar-refractivity contribution is 5.85. The minimum atomic E-state index is -0.954. The van der Waals surface area contributed by atoms with Gasteiger partial charge in [0, 0.05) is 6.42 Å². The molecular formula is C12H13NO4. The number of carbonyl (C=O) groups is 2. The maximum Gasteiger partial charge on any atom is 0.308 e. The first kappa shape index (κ1) is 11.6. The van der Waals surface area contributed by atoms with E-state index in [0.717, 1.165) is 10.6 Å². The molecule has 0 saturated carbocycles. The topological polar surface area (TPSA) is 66.8 Å². The van der Waals surface area contributed by atoms with Gasteiger partial charge in [-0.3, -0.25) is 14.4 Å². The van der Waals surface area contributed by atoms with Gasteiger partial charge in [0.1, 0.15) is 6.61 Å². The predicted octanol–water partition coefficient (Wildman–Crippen LogP) is 1.05. The van der Waals surface area contributed by atoms with Crippen molar-refractivity contribution in [3.8, 4) is 0 Å². The molecule has 0 spiro atoms. The molecule has 5 heteroatoms. The fourth-order valence-electron chi connectivity index (χ4n) is 1.70. The van der Waals surface area contributed by atoms with E-state index in [1.807, 2.05) is 30.3 Å². The first-order chi connectivity index (χ1) is 8.16. The third kappa shape index (κ3) is 2.82. The molecule has 1 aliphatic heterocycles. The number of hydrogen-bond acceptors (Lipinski definition) is 3. The summed E-state index contributed by atoms with van der Waals surface area (Å²) in [6, 6.07) is 9.42. The number of carboxylic acids is 1. The lowest BCUT2D eigenvalue weighted by Crippen LogP contribution is -2.26. The monoisotopic (exact) mass is 235 g/mol. The van der Waals surface area contributed by atoms with E-state index in [0.29, 0.717) is 0 Å². The van der Waals surface area contributed by atoms with Crippen LogP contribution in [-0.2, 0) is 21.0 Å². The van der Waals surface area contributed by atoms with Gasteiger partial charge >= 0.3 is 5.97 Å². The van der Waals surface area contributed by atoms with E-state index in [9.17, 15) is 9.59 Å². The zero-order valence-corrected chi connectivity index (χ0v) is 9.20. The maximum atomic E-state index is 11.4. The fourth-order valence-corrected chi connectivity index (χ4v) is 1.70. The van der Waals surface area contributed by atoms with Gasteiger partial charge in [-0.25, -0.2) is 5.06 Å². The summed E-state index contributed by atoms with van der Waals surface area (Å²) < 4.78 is 0. The molecule has 1 N–H and O–H groups in total. The summed E-state index contributed by atoms with van der Waals surface area (Å²) in [5.41, 5.74) is 0.944. The molecule has 0 unspecified atom stereocenters. The molecular weight excluding hydrogens is 222 g/mol. The number of benzene rings is 1. The van der Waals surface area contributed by atoms with Crippen molar-refractivity contribution in [2.24, 2.45) is 5.92 Å². The van der Waals surface area contributed by atoms with Gasteiger partial charge in [-0.05, 0) is 5.56 Å². The van der Waals surface area contributed by atoms with Crippen molar-refractivity contribution in [2.75, 3.05) is 6.54 Å². The molecule has 17 heavy (non-hydrogen) atoms. The van der Waals surface area contributed by atoms with Crippen molar-refractivity contribution in [1.82, 2.24) is 5.06 Å². The molecule has 1 aromatic carbocycles. The van der Waals surface area contributed by atoms with Gasteiger partial charge in [-0.2, -0.15) is 0 Å². The summed E-state index contributed by atoms with van der Waals surface area (Å²) in [5, 5.41) is 9.94. The number of hydroxylamine groups is 2. The molecule has 1 atom stereocenters. The second-order valence-electron chi connectivity index (χ2n) is 3.95. The second kappa shape index (κ2) is 4.97. The fraction of sp³-hybridized carbons (Fsp3) is 0.333. The third-order valence-electron chi connectivity index (χ3n) is 2.66. The van der Waals surface area contributed by atoms with Gasteiger partial charge in [0.2, 0.25) is 5.91 Å². The van der Waals surface area contributed by atoms with Crippen LogP contribution >= 0.6 is 0 Å². The Morgan fingerprint density at radius 2 is 2.12 bits per heavy atom. The van der Waals surface area contributed by atoms with Crippen LogP contribution in [0.15, 0.2) is 30.3 Å². The van der Waals surface area contributed by atoms with E-state index in [1.54, 1.807) is 0 Å². The van der Waals surface area contributed by atoms with Crippen LogP contribution in [0.4, 0.5) is 0 Å². The van der Waals surface area contributed by atoms with Crippen molar-refractivity contribution in [2.45, 2.75) is 13.0 Å². The first-order valence-electron chi connectivity index (χ1n) is 5.37. The molecule has 1 saturated heterocycles. The van der Waals surface area contributed by atoms with Crippen LogP contribution in [0.2, 0.25) is 0 Å². The Morgan fingerprint density at radius 3 is 2.71 bits per heavy atom. The molecule has 0 aliphatic carbocycles. The lowest BCUT2D eigenvalue weighted by Gasteiger charge is -2.15. The van der Waals surface area contributed by atoms with E-state index < -0.39 is 11.9 Å². The summed E-state index contributed by atoms with van der Waals surface area (Å²) >= 11 is 0. The van der Waals surface area contributed by atoms with E-state index in [2.05, 4.69) is 0 Å². The quantitative estimate of drug-likeness (QED) is 0.847.